The predicted molar refractivity (Wildman–Crippen MR) is 75.1 cm³/mol. The largest absolute Gasteiger partial charge is 0.113 e. The van der Waals surface area contributed by atoms with Crippen molar-refractivity contribution in [1.82, 2.24) is 0 Å². The first-order chi connectivity index (χ1) is 8.34. The molecule has 0 aromatic heterocycles. The Kier molecular flexibility index (Phi) is 2.77. The molecular formula is C16H14S. The van der Waals surface area contributed by atoms with Gasteiger partial charge in [-0.2, -0.15) is 0 Å². The molecule has 0 spiro atoms. The van der Waals surface area contributed by atoms with Gasteiger partial charge >= 0.3 is 0 Å². The maximum absolute atomic E-state index is 2.31. The Labute approximate surface area is 106 Å². The molecule has 0 radical (unpaired) electrons. The zero-order chi connectivity index (χ0) is 11.7. The highest BCUT2D eigenvalue weighted by Gasteiger charge is 2.20. The van der Waals surface area contributed by atoms with Crippen LogP contribution in [-0.4, -0.2) is 0 Å². The average Bonchev–Trinajstić information content (AvgIpc) is 2.39. The zero-order valence-electron chi connectivity index (χ0n) is 9.76. The van der Waals surface area contributed by atoms with Gasteiger partial charge in [0, 0.05) is 4.90 Å². The summed E-state index contributed by atoms with van der Waals surface area (Å²) in [6, 6.07) is 19.3. The number of thioether (sulfide) groups is 1. The summed E-state index contributed by atoms with van der Waals surface area (Å²) in [5.41, 5.74) is 4.17. The second-order valence-electron chi connectivity index (χ2n) is 4.33. The number of rotatable bonds is 1. The Morgan fingerprint density at radius 2 is 1.59 bits per heavy atom. The lowest BCUT2D eigenvalue weighted by Gasteiger charge is -2.23. The van der Waals surface area contributed by atoms with E-state index in [9.17, 15) is 0 Å². The normalized spacial score (nSPS) is 18.4. The molecule has 1 unspecified atom stereocenters. The Hall–Kier alpha value is -1.47. The SMILES string of the molecule is CC1=Cc2ccccc2SC1c1ccccc1. The number of hydrogen-bond donors (Lipinski definition) is 0. The summed E-state index contributed by atoms with van der Waals surface area (Å²) >= 11 is 1.95. The minimum Gasteiger partial charge on any atom is -0.113 e. The van der Waals surface area contributed by atoms with Gasteiger partial charge in [0.05, 0.1) is 5.25 Å². The first-order valence-electron chi connectivity index (χ1n) is 5.83. The van der Waals surface area contributed by atoms with E-state index in [0.717, 1.165) is 0 Å². The molecule has 2 aromatic rings. The molecule has 2 aromatic carbocycles. The highest BCUT2D eigenvalue weighted by Crippen LogP contribution is 2.46. The summed E-state index contributed by atoms with van der Waals surface area (Å²) in [7, 11) is 0. The van der Waals surface area contributed by atoms with E-state index < -0.39 is 0 Å². The van der Waals surface area contributed by atoms with Crippen LogP contribution >= 0.6 is 11.8 Å². The van der Waals surface area contributed by atoms with Crippen molar-refractivity contribution in [2.24, 2.45) is 0 Å². The lowest BCUT2D eigenvalue weighted by atomic mass is 10.0. The maximum atomic E-state index is 2.31. The molecule has 84 valence electrons. The molecule has 1 heteroatoms. The lowest BCUT2D eigenvalue weighted by molar-refractivity contribution is 1.10. The molecule has 1 atom stereocenters. The molecule has 17 heavy (non-hydrogen) atoms. The Morgan fingerprint density at radius 3 is 2.41 bits per heavy atom. The molecule has 0 N–H and O–H groups in total. The van der Waals surface area contributed by atoms with Gasteiger partial charge in [-0.25, -0.2) is 0 Å². The first-order valence-corrected chi connectivity index (χ1v) is 6.71. The van der Waals surface area contributed by atoms with Crippen LogP contribution in [0.1, 0.15) is 23.3 Å². The Morgan fingerprint density at radius 1 is 0.882 bits per heavy atom. The summed E-state index contributed by atoms with van der Waals surface area (Å²) in [5.74, 6) is 0. The van der Waals surface area contributed by atoms with Crippen molar-refractivity contribution in [1.29, 1.82) is 0 Å². The molecule has 0 nitrogen and oxygen atoms in total. The highest BCUT2D eigenvalue weighted by atomic mass is 32.2. The minimum absolute atomic E-state index is 0.464. The van der Waals surface area contributed by atoms with Crippen molar-refractivity contribution >= 4 is 17.8 Å². The van der Waals surface area contributed by atoms with Crippen molar-refractivity contribution in [3.63, 3.8) is 0 Å². The van der Waals surface area contributed by atoms with Crippen molar-refractivity contribution < 1.29 is 0 Å². The maximum Gasteiger partial charge on any atom is 0.0554 e. The summed E-state index contributed by atoms with van der Waals surface area (Å²) in [6.45, 7) is 2.22. The van der Waals surface area contributed by atoms with Gasteiger partial charge in [0.25, 0.3) is 0 Å². The molecule has 0 saturated carbocycles. The fourth-order valence-electron chi connectivity index (χ4n) is 2.21. The van der Waals surface area contributed by atoms with Gasteiger partial charge < -0.3 is 0 Å². The first kappa shape index (κ1) is 10.7. The summed E-state index contributed by atoms with van der Waals surface area (Å²) in [4.78, 5) is 1.38. The third kappa shape index (κ3) is 2.03. The van der Waals surface area contributed by atoms with Crippen LogP contribution in [0.3, 0.4) is 0 Å². The average molecular weight is 238 g/mol. The van der Waals surface area contributed by atoms with Crippen LogP contribution in [0.15, 0.2) is 65.1 Å². The second-order valence-corrected chi connectivity index (χ2v) is 5.48. The van der Waals surface area contributed by atoms with E-state index >= 15 is 0 Å². The van der Waals surface area contributed by atoms with E-state index in [1.807, 2.05) is 11.8 Å². The molecule has 3 rings (SSSR count). The molecule has 0 fully saturated rings. The van der Waals surface area contributed by atoms with Gasteiger partial charge in [-0.05, 0) is 24.1 Å². The number of fused-ring (bicyclic) bond motifs is 1. The standard InChI is InChI=1S/C16H14S/c1-12-11-14-9-5-6-10-15(14)17-16(12)13-7-3-2-4-8-13/h2-11,16H,1H3. The molecule has 0 amide bonds. The van der Waals surface area contributed by atoms with Gasteiger partial charge in [-0.15, -0.1) is 11.8 Å². The molecule has 1 aliphatic rings. The fourth-order valence-corrected chi connectivity index (χ4v) is 3.43. The van der Waals surface area contributed by atoms with E-state index in [2.05, 4.69) is 67.6 Å². The quantitative estimate of drug-likeness (QED) is 0.678. The van der Waals surface area contributed by atoms with Gasteiger partial charge in [0.1, 0.15) is 0 Å². The van der Waals surface area contributed by atoms with Crippen LogP contribution in [0.5, 0.6) is 0 Å². The second kappa shape index (κ2) is 4.42. The van der Waals surface area contributed by atoms with Crippen molar-refractivity contribution in [3.8, 4) is 0 Å². The molecular weight excluding hydrogens is 224 g/mol. The Balaban J connectivity index is 2.02. The lowest BCUT2D eigenvalue weighted by Crippen LogP contribution is -2.00. The van der Waals surface area contributed by atoms with Gasteiger partial charge in [0.15, 0.2) is 0 Å². The summed E-state index contributed by atoms with van der Waals surface area (Å²) in [6.07, 6.45) is 2.31. The predicted octanol–water partition coefficient (Wildman–Crippen LogP) is 4.94. The topological polar surface area (TPSA) is 0 Å². The summed E-state index contributed by atoms with van der Waals surface area (Å²) in [5, 5.41) is 0.464. The molecule has 0 bridgehead atoms. The van der Waals surface area contributed by atoms with Crippen LogP contribution in [0.2, 0.25) is 0 Å². The van der Waals surface area contributed by atoms with E-state index in [1.165, 1.54) is 21.6 Å². The Bertz CT molecular complexity index is 555. The van der Waals surface area contributed by atoms with Crippen LogP contribution in [-0.2, 0) is 0 Å². The number of hydrogen-bond acceptors (Lipinski definition) is 1. The van der Waals surface area contributed by atoms with Crippen LogP contribution in [0, 0.1) is 0 Å². The summed E-state index contributed by atoms with van der Waals surface area (Å²) < 4.78 is 0. The molecule has 0 saturated heterocycles. The fraction of sp³-hybridized carbons (Fsp3) is 0.125. The molecule has 1 heterocycles. The molecule has 0 aliphatic carbocycles. The van der Waals surface area contributed by atoms with E-state index in [0.29, 0.717) is 5.25 Å². The highest BCUT2D eigenvalue weighted by molar-refractivity contribution is 7.99. The van der Waals surface area contributed by atoms with Crippen LogP contribution in [0.25, 0.3) is 6.08 Å². The van der Waals surface area contributed by atoms with Gasteiger partial charge in [0.2, 0.25) is 0 Å². The van der Waals surface area contributed by atoms with Crippen LogP contribution in [0.4, 0.5) is 0 Å². The van der Waals surface area contributed by atoms with Crippen molar-refractivity contribution in [3.05, 3.63) is 71.3 Å². The van der Waals surface area contributed by atoms with Crippen LogP contribution < -0.4 is 0 Å². The van der Waals surface area contributed by atoms with E-state index in [-0.39, 0.29) is 0 Å². The third-order valence-electron chi connectivity index (χ3n) is 3.06. The van der Waals surface area contributed by atoms with E-state index in [4.69, 9.17) is 0 Å². The van der Waals surface area contributed by atoms with Gasteiger partial charge in [-0.3, -0.25) is 0 Å². The number of benzene rings is 2. The smallest absolute Gasteiger partial charge is 0.0554 e. The van der Waals surface area contributed by atoms with Gasteiger partial charge in [-0.1, -0.05) is 60.2 Å². The van der Waals surface area contributed by atoms with Crippen molar-refractivity contribution in [2.45, 2.75) is 17.1 Å². The minimum atomic E-state index is 0.464. The third-order valence-corrected chi connectivity index (χ3v) is 4.57. The molecule has 1 aliphatic heterocycles. The van der Waals surface area contributed by atoms with E-state index in [1.54, 1.807) is 0 Å². The van der Waals surface area contributed by atoms with Crippen molar-refractivity contribution in [2.75, 3.05) is 0 Å². The monoisotopic (exact) mass is 238 g/mol. The zero-order valence-corrected chi connectivity index (χ0v) is 10.6.